The van der Waals surface area contributed by atoms with E-state index in [0.29, 0.717) is 6.54 Å². The van der Waals surface area contributed by atoms with Crippen LogP contribution >= 0.6 is 0 Å². The molecule has 2 amide bonds. The van der Waals surface area contributed by atoms with Crippen molar-refractivity contribution in [2.24, 2.45) is 17.5 Å². The number of nitrogens with zero attached hydrogens (tertiary/aromatic N) is 1. The summed E-state index contributed by atoms with van der Waals surface area (Å²) in [5, 5.41) is 0. The summed E-state index contributed by atoms with van der Waals surface area (Å²) in [6.07, 6.45) is 1.59. The zero-order valence-electron chi connectivity index (χ0n) is 10.9. The van der Waals surface area contributed by atoms with Gasteiger partial charge in [-0.1, -0.05) is 0 Å². The number of amides is 2. The number of ether oxygens (including phenoxy) is 1. The molecule has 3 atom stereocenters. The molecule has 3 unspecified atom stereocenters. The monoisotopic (exact) mass is 258 g/mol. The van der Waals surface area contributed by atoms with Crippen LogP contribution in [0, 0.1) is 5.92 Å². The number of primary amides is 1. The number of likely N-dealkylation sites (tertiary alicyclic amines) is 1. The number of methoxy groups -OCH3 is 1. The molecule has 0 aromatic carbocycles. The maximum atomic E-state index is 11.7. The Labute approximate surface area is 107 Å². The largest absolute Gasteiger partial charge is 0.383 e. The molecule has 18 heavy (non-hydrogen) atoms. The summed E-state index contributed by atoms with van der Waals surface area (Å²) in [6.45, 7) is 2.72. The lowest BCUT2D eigenvalue weighted by Gasteiger charge is -2.40. The predicted octanol–water partition coefficient (Wildman–Crippen LogP) is -1.42. The second-order valence-corrected chi connectivity index (χ2v) is 4.70. The zero-order valence-corrected chi connectivity index (χ0v) is 10.9. The summed E-state index contributed by atoms with van der Waals surface area (Å²) in [5.41, 5.74) is 7.47. The van der Waals surface area contributed by atoms with E-state index in [2.05, 4.69) is 5.43 Å². The van der Waals surface area contributed by atoms with E-state index in [1.165, 1.54) is 7.11 Å². The van der Waals surface area contributed by atoms with Crippen LogP contribution in [0.25, 0.3) is 0 Å². The van der Waals surface area contributed by atoms with Gasteiger partial charge in [-0.2, -0.15) is 0 Å². The highest BCUT2D eigenvalue weighted by Crippen LogP contribution is 2.23. The SMILES string of the molecule is COCC(C(=O)NN)N1CC(C(N)=O)CCC1C. The molecule has 0 radical (unpaired) electrons. The number of hydrogen-bond donors (Lipinski definition) is 3. The van der Waals surface area contributed by atoms with E-state index >= 15 is 0 Å². The van der Waals surface area contributed by atoms with Crippen molar-refractivity contribution < 1.29 is 14.3 Å². The number of hydrogen-bond acceptors (Lipinski definition) is 5. The van der Waals surface area contributed by atoms with Gasteiger partial charge in [0.1, 0.15) is 6.04 Å². The van der Waals surface area contributed by atoms with Crippen molar-refractivity contribution in [1.82, 2.24) is 10.3 Å². The lowest BCUT2D eigenvalue weighted by atomic mass is 9.91. The van der Waals surface area contributed by atoms with Crippen LogP contribution in [0.15, 0.2) is 0 Å². The third-order valence-corrected chi connectivity index (χ3v) is 3.50. The summed E-state index contributed by atoms with van der Waals surface area (Å²) in [6, 6.07) is -0.296. The average Bonchev–Trinajstić information content (AvgIpc) is 2.35. The Morgan fingerprint density at radius 3 is 2.67 bits per heavy atom. The summed E-state index contributed by atoms with van der Waals surface area (Å²) in [4.78, 5) is 24.9. The predicted molar refractivity (Wildman–Crippen MR) is 66.1 cm³/mol. The van der Waals surface area contributed by atoms with Crippen LogP contribution in [0.5, 0.6) is 0 Å². The Hall–Kier alpha value is -1.18. The lowest BCUT2D eigenvalue weighted by molar-refractivity contribution is -0.134. The fraction of sp³-hybridized carbons (Fsp3) is 0.818. The van der Waals surface area contributed by atoms with Gasteiger partial charge in [0, 0.05) is 19.7 Å². The van der Waals surface area contributed by atoms with Gasteiger partial charge in [0.25, 0.3) is 5.91 Å². The molecular formula is C11H22N4O3. The second-order valence-electron chi connectivity index (χ2n) is 4.70. The van der Waals surface area contributed by atoms with Crippen molar-refractivity contribution in [3.63, 3.8) is 0 Å². The fourth-order valence-electron chi connectivity index (χ4n) is 2.38. The number of nitrogens with one attached hydrogen (secondary N) is 1. The molecule has 0 bridgehead atoms. The van der Waals surface area contributed by atoms with E-state index in [4.69, 9.17) is 16.3 Å². The van der Waals surface area contributed by atoms with Crippen molar-refractivity contribution >= 4 is 11.8 Å². The van der Waals surface area contributed by atoms with Crippen molar-refractivity contribution in [2.75, 3.05) is 20.3 Å². The van der Waals surface area contributed by atoms with Gasteiger partial charge in [-0.25, -0.2) is 5.84 Å². The maximum absolute atomic E-state index is 11.7. The first kappa shape index (κ1) is 14.9. The minimum absolute atomic E-state index is 0.193. The van der Waals surface area contributed by atoms with Gasteiger partial charge < -0.3 is 10.5 Å². The molecule has 1 aliphatic rings. The highest BCUT2D eigenvalue weighted by atomic mass is 16.5. The smallest absolute Gasteiger partial charge is 0.253 e. The van der Waals surface area contributed by atoms with Crippen molar-refractivity contribution in [2.45, 2.75) is 31.8 Å². The lowest BCUT2D eigenvalue weighted by Crippen LogP contribution is -2.58. The molecule has 7 heteroatoms. The van der Waals surface area contributed by atoms with Crippen LogP contribution in [0.2, 0.25) is 0 Å². The summed E-state index contributed by atoms with van der Waals surface area (Å²) >= 11 is 0. The first-order valence-electron chi connectivity index (χ1n) is 6.05. The van der Waals surface area contributed by atoms with Gasteiger partial charge in [-0.15, -0.1) is 0 Å². The van der Waals surface area contributed by atoms with Crippen LogP contribution in [-0.2, 0) is 14.3 Å². The average molecular weight is 258 g/mol. The van der Waals surface area contributed by atoms with Gasteiger partial charge in [-0.05, 0) is 19.8 Å². The Balaban J connectivity index is 2.80. The molecule has 0 saturated carbocycles. The Morgan fingerprint density at radius 1 is 1.50 bits per heavy atom. The van der Waals surface area contributed by atoms with Gasteiger partial charge in [0.05, 0.1) is 12.5 Å². The molecule has 1 heterocycles. The number of carbonyl (C=O) groups is 2. The van der Waals surface area contributed by atoms with E-state index < -0.39 is 6.04 Å². The normalized spacial score (nSPS) is 26.6. The highest BCUT2D eigenvalue weighted by Gasteiger charge is 2.35. The van der Waals surface area contributed by atoms with Crippen LogP contribution in [0.1, 0.15) is 19.8 Å². The molecule has 1 rings (SSSR count). The summed E-state index contributed by atoms with van der Waals surface area (Å²) < 4.78 is 5.05. The fourth-order valence-corrected chi connectivity index (χ4v) is 2.38. The minimum Gasteiger partial charge on any atom is -0.383 e. The Morgan fingerprint density at radius 2 is 2.17 bits per heavy atom. The van der Waals surface area contributed by atoms with Crippen LogP contribution in [-0.4, -0.2) is 49.1 Å². The number of piperidine rings is 1. The van der Waals surface area contributed by atoms with Crippen LogP contribution in [0.4, 0.5) is 0 Å². The molecule has 5 N–H and O–H groups in total. The number of nitrogens with two attached hydrogens (primary N) is 2. The number of rotatable bonds is 5. The Bertz CT molecular complexity index is 311. The quantitative estimate of drug-likeness (QED) is 0.318. The van der Waals surface area contributed by atoms with E-state index in [0.717, 1.165) is 12.8 Å². The molecule has 0 aromatic rings. The molecule has 1 saturated heterocycles. The van der Waals surface area contributed by atoms with Crippen LogP contribution < -0.4 is 17.0 Å². The second kappa shape index (κ2) is 6.67. The van der Waals surface area contributed by atoms with Gasteiger partial charge in [0.2, 0.25) is 5.91 Å². The van der Waals surface area contributed by atoms with E-state index in [1.54, 1.807) is 0 Å². The number of carbonyl (C=O) groups excluding carboxylic acids is 2. The molecule has 0 aliphatic carbocycles. The molecule has 7 nitrogen and oxygen atoms in total. The standard InChI is InChI=1S/C11H22N4O3/c1-7-3-4-8(10(12)16)5-15(7)9(6-18-2)11(17)14-13/h7-9H,3-6,13H2,1-2H3,(H2,12,16)(H,14,17). The highest BCUT2D eigenvalue weighted by molar-refractivity contribution is 5.81. The molecule has 0 aromatic heterocycles. The molecule has 104 valence electrons. The number of hydrazine groups is 1. The van der Waals surface area contributed by atoms with Crippen molar-refractivity contribution in [1.29, 1.82) is 0 Å². The molecule has 1 fully saturated rings. The van der Waals surface area contributed by atoms with Gasteiger partial charge >= 0.3 is 0 Å². The first-order valence-corrected chi connectivity index (χ1v) is 6.05. The van der Waals surface area contributed by atoms with Crippen molar-refractivity contribution in [3.8, 4) is 0 Å². The molecule has 0 spiro atoms. The van der Waals surface area contributed by atoms with Crippen LogP contribution in [0.3, 0.4) is 0 Å². The van der Waals surface area contributed by atoms with E-state index in [-0.39, 0.29) is 30.4 Å². The summed E-state index contributed by atoms with van der Waals surface area (Å²) in [5.74, 6) is 4.33. The van der Waals surface area contributed by atoms with E-state index in [1.807, 2.05) is 11.8 Å². The molecular weight excluding hydrogens is 236 g/mol. The first-order chi connectivity index (χ1) is 8.51. The van der Waals surface area contributed by atoms with Gasteiger partial charge in [-0.3, -0.25) is 19.9 Å². The minimum atomic E-state index is -0.489. The molecule has 1 aliphatic heterocycles. The summed E-state index contributed by atoms with van der Waals surface area (Å²) in [7, 11) is 1.52. The third kappa shape index (κ3) is 3.41. The topological polar surface area (TPSA) is 111 Å². The van der Waals surface area contributed by atoms with Crippen molar-refractivity contribution in [3.05, 3.63) is 0 Å². The zero-order chi connectivity index (χ0) is 13.7. The van der Waals surface area contributed by atoms with Gasteiger partial charge in [0.15, 0.2) is 0 Å². The maximum Gasteiger partial charge on any atom is 0.253 e. The Kier molecular flexibility index (Phi) is 5.52. The third-order valence-electron chi connectivity index (χ3n) is 3.50. The van der Waals surface area contributed by atoms with E-state index in [9.17, 15) is 9.59 Å².